The lowest BCUT2D eigenvalue weighted by Crippen LogP contribution is -2.55. The van der Waals surface area contributed by atoms with Gasteiger partial charge < -0.3 is 15.1 Å². The van der Waals surface area contributed by atoms with Crippen molar-refractivity contribution in [2.24, 2.45) is 5.92 Å². The highest BCUT2D eigenvalue weighted by Crippen LogP contribution is 2.44. The molecule has 0 saturated carbocycles. The number of carbonyl (C=O) groups is 2. The number of hydrogen-bond donors (Lipinski definition) is 1. The Morgan fingerprint density at radius 1 is 1.22 bits per heavy atom. The van der Waals surface area contributed by atoms with Crippen LogP contribution in [0.4, 0.5) is 4.79 Å². The van der Waals surface area contributed by atoms with Crippen molar-refractivity contribution in [3.63, 3.8) is 0 Å². The van der Waals surface area contributed by atoms with E-state index in [1.165, 1.54) is 0 Å². The van der Waals surface area contributed by atoms with Crippen molar-refractivity contribution >= 4 is 23.7 Å². The van der Waals surface area contributed by atoms with E-state index in [1.54, 1.807) is 0 Å². The highest BCUT2D eigenvalue weighted by molar-refractivity contribution is 8.00. The van der Waals surface area contributed by atoms with E-state index in [4.69, 9.17) is 0 Å². The minimum Gasteiger partial charge on any atom is -0.338 e. The lowest BCUT2D eigenvalue weighted by Gasteiger charge is -2.44. The normalized spacial score (nSPS) is 20.3. The molecule has 3 amide bonds. The van der Waals surface area contributed by atoms with Gasteiger partial charge in [-0.3, -0.25) is 4.79 Å². The number of likely N-dealkylation sites (tertiary alicyclic amines) is 1. The molecule has 5 nitrogen and oxygen atoms in total. The lowest BCUT2D eigenvalue weighted by atomic mass is 10.0. The van der Waals surface area contributed by atoms with Crippen LogP contribution in [0.15, 0.2) is 0 Å². The summed E-state index contributed by atoms with van der Waals surface area (Å²) >= 11 is 1.91. The number of thioether (sulfide) groups is 1. The van der Waals surface area contributed by atoms with E-state index < -0.39 is 0 Å². The highest BCUT2D eigenvalue weighted by Gasteiger charge is 2.46. The van der Waals surface area contributed by atoms with Gasteiger partial charge in [0.15, 0.2) is 0 Å². The molecular formula is C17H31N3O2S. The van der Waals surface area contributed by atoms with Gasteiger partial charge >= 0.3 is 6.03 Å². The monoisotopic (exact) mass is 341 g/mol. The standard InChI is InChI=1S/C17H31N3O2S/c1-4-5-8-18-16(22)19-9-6-17(7-10-19)20(11-12-23-17)15(21)13-14(2)3/h14H,4-13H2,1-3H3,(H,18,22). The molecule has 2 saturated heterocycles. The van der Waals surface area contributed by atoms with Crippen LogP contribution in [0, 0.1) is 5.92 Å². The highest BCUT2D eigenvalue weighted by atomic mass is 32.2. The van der Waals surface area contributed by atoms with E-state index in [2.05, 4.69) is 31.0 Å². The summed E-state index contributed by atoms with van der Waals surface area (Å²) in [5.41, 5.74) is 0. The fourth-order valence-electron chi connectivity index (χ4n) is 3.38. The van der Waals surface area contributed by atoms with Gasteiger partial charge in [0.2, 0.25) is 5.91 Å². The van der Waals surface area contributed by atoms with E-state index in [0.29, 0.717) is 12.3 Å². The minimum absolute atomic E-state index is 0.0522. The zero-order chi connectivity index (χ0) is 16.9. The van der Waals surface area contributed by atoms with Crippen molar-refractivity contribution in [3.05, 3.63) is 0 Å². The first kappa shape index (κ1) is 18.4. The molecule has 1 N–H and O–H groups in total. The van der Waals surface area contributed by atoms with Crippen molar-refractivity contribution < 1.29 is 9.59 Å². The van der Waals surface area contributed by atoms with Crippen LogP contribution in [0.1, 0.15) is 52.9 Å². The summed E-state index contributed by atoms with van der Waals surface area (Å²) in [6.07, 6.45) is 4.53. The Kier molecular flexibility index (Phi) is 6.62. The molecule has 23 heavy (non-hydrogen) atoms. The van der Waals surface area contributed by atoms with Gasteiger partial charge in [0, 0.05) is 38.4 Å². The molecular weight excluding hydrogens is 310 g/mol. The Bertz CT molecular complexity index is 420. The van der Waals surface area contributed by atoms with Crippen LogP contribution in [0.5, 0.6) is 0 Å². The first-order valence-corrected chi connectivity index (χ1v) is 9.94. The molecule has 2 aliphatic heterocycles. The third kappa shape index (κ3) is 4.55. The van der Waals surface area contributed by atoms with E-state index in [-0.39, 0.29) is 16.8 Å². The summed E-state index contributed by atoms with van der Waals surface area (Å²) in [4.78, 5) is 28.6. The number of amides is 3. The summed E-state index contributed by atoms with van der Waals surface area (Å²) in [5.74, 6) is 1.70. The van der Waals surface area contributed by atoms with Gasteiger partial charge in [-0.15, -0.1) is 11.8 Å². The Morgan fingerprint density at radius 3 is 2.52 bits per heavy atom. The number of unbranched alkanes of at least 4 members (excludes halogenated alkanes) is 1. The van der Waals surface area contributed by atoms with Gasteiger partial charge in [0.1, 0.15) is 0 Å². The number of rotatable bonds is 5. The minimum atomic E-state index is -0.0633. The Labute approximate surface area is 144 Å². The zero-order valence-corrected chi connectivity index (χ0v) is 15.6. The van der Waals surface area contributed by atoms with E-state index in [1.807, 2.05) is 16.7 Å². The summed E-state index contributed by atoms with van der Waals surface area (Å²) in [6, 6.07) is 0.0522. The smallest absolute Gasteiger partial charge is 0.317 e. The molecule has 0 atom stereocenters. The van der Waals surface area contributed by atoms with Gasteiger partial charge in [0.25, 0.3) is 0 Å². The second kappa shape index (κ2) is 8.27. The number of piperidine rings is 1. The maximum atomic E-state index is 12.5. The fraction of sp³-hybridized carbons (Fsp3) is 0.882. The van der Waals surface area contributed by atoms with Crippen molar-refractivity contribution in [2.45, 2.75) is 57.7 Å². The summed E-state index contributed by atoms with van der Waals surface area (Å²) < 4.78 is 0. The van der Waals surface area contributed by atoms with Crippen molar-refractivity contribution in [2.75, 3.05) is 31.9 Å². The third-order valence-electron chi connectivity index (χ3n) is 4.70. The molecule has 0 aliphatic carbocycles. The van der Waals surface area contributed by atoms with E-state index >= 15 is 0 Å². The summed E-state index contributed by atoms with van der Waals surface area (Å²) in [7, 11) is 0. The summed E-state index contributed by atoms with van der Waals surface area (Å²) in [5, 5.41) is 2.99. The number of nitrogens with one attached hydrogen (secondary N) is 1. The van der Waals surface area contributed by atoms with E-state index in [0.717, 1.165) is 57.6 Å². The number of carbonyl (C=O) groups excluding carboxylic acids is 2. The quantitative estimate of drug-likeness (QED) is 0.782. The van der Waals surface area contributed by atoms with Crippen molar-refractivity contribution in [1.29, 1.82) is 0 Å². The Hall–Kier alpha value is -0.910. The van der Waals surface area contributed by atoms with Crippen LogP contribution in [-0.2, 0) is 4.79 Å². The third-order valence-corrected chi connectivity index (χ3v) is 6.25. The fourth-order valence-corrected chi connectivity index (χ4v) is 4.85. The van der Waals surface area contributed by atoms with Crippen LogP contribution in [0.25, 0.3) is 0 Å². The molecule has 0 unspecified atom stereocenters. The van der Waals surface area contributed by atoms with Crippen LogP contribution in [0.2, 0.25) is 0 Å². The van der Waals surface area contributed by atoms with Gasteiger partial charge in [0.05, 0.1) is 4.87 Å². The number of hydrogen-bond acceptors (Lipinski definition) is 3. The van der Waals surface area contributed by atoms with Gasteiger partial charge in [-0.05, 0) is 25.2 Å². The van der Waals surface area contributed by atoms with Crippen molar-refractivity contribution in [1.82, 2.24) is 15.1 Å². The molecule has 6 heteroatoms. The maximum Gasteiger partial charge on any atom is 0.317 e. The first-order chi connectivity index (χ1) is 11.0. The molecule has 2 fully saturated rings. The second-order valence-corrected chi connectivity index (χ2v) is 8.47. The molecule has 1 spiro atoms. The molecule has 2 rings (SSSR count). The average molecular weight is 342 g/mol. The van der Waals surface area contributed by atoms with E-state index in [9.17, 15) is 9.59 Å². The molecule has 132 valence electrons. The topological polar surface area (TPSA) is 52.7 Å². The maximum absolute atomic E-state index is 12.5. The van der Waals surface area contributed by atoms with Crippen LogP contribution < -0.4 is 5.32 Å². The zero-order valence-electron chi connectivity index (χ0n) is 14.8. The number of nitrogens with zero attached hydrogens (tertiary/aromatic N) is 2. The lowest BCUT2D eigenvalue weighted by molar-refractivity contribution is -0.135. The summed E-state index contributed by atoms with van der Waals surface area (Å²) in [6.45, 7) is 9.42. The first-order valence-electron chi connectivity index (χ1n) is 8.95. The van der Waals surface area contributed by atoms with Crippen molar-refractivity contribution in [3.8, 4) is 0 Å². The predicted octanol–water partition coefficient (Wildman–Crippen LogP) is 2.91. The van der Waals surface area contributed by atoms with Gasteiger partial charge in [-0.1, -0.05) is 27.2 Å². The SMILES string of the molecule is CCCCNC(=O)N1CCC2(CC1)SCCN2C(=O)CC(C)C. The number of urea groups is 1. The van der Waals surface area contributed by atoms with Crippen LogP contribution >= 0.6 is 11.8 Å². The largest absolute Gasteiger partial charge is 0.338 e. The average Bonchev–Trinajstić information content (AvgIpc) is 2.91. The predicted molar refractivity (Wildman–Crippen MR) is 95.5 cm³/mol. The molecule has 0 aromatic rings. The molecule has 2 heterocycles. The molecule has 0 radical (unpaired) electrons. The van der Waals surface area contributed by atoms with Crippen LogP contribution in [0.3, 0.4) is 0 Å². The molecule has 0 aromatic carbocycles. The van der Waals surface area contributed by atoms with Gasteiger partial charge in [-0.25, -0.2) is 4.79 Å². The second-order valence-electron chi connectivity index (χ2n) is 7.01. The Balaban J connectivity index is 1.88. The molecule has 0 bridgehead atoms. The van der Waals surface area contributed by atoms with Gasteiger partial charge in [-0.2, -0.15) is 0 Å². The molecule has 2 aliphatic rings. The van der Waals surface area contributed by atoms with Crippen LogP contribution in [-0.4, -0.2) is 58.5 Å². The molecule has 0 aromatic heterocycles. The Morgan fingerprint density at radius 2 is 1.91 bits per heavy atom.